The van der Waals surface area contributed by atoms with E-state index in [1.54, 1.807) is 0 Å². The summed E-state index contributed by atoms with van der Waals surface area (Å²) in [6, 6.07) is 0. The molecule has 9 heteroatoms. The second-order valence-electron chi connectivity index (χ2n) is 2.14. The van der Waals surface area contributed by atoms with E-state index < -0.39 is 12.5 Å². The van der Waals surface area contributed by atoms with Gasteiger partial charge in [0.2, 0.25) is 11.9 Å². The highest BCUT2D eigenvalue weighted by atomic mass is 19.3. The van der Waals surface area contributed by atoms with Gasteiger partial charge in [0.1, 0.15) is 0 Å². The summed E-state index contributed by atoms with van der Waals surface area (Å²) in [7, 11) is 1.04. The number of halogens is 2. The normalized spacial score (nSPS) is 10.6. The highest BCUT2D eigenvalue weighted by Gasteiger charge is 2.20. The summed E-state index contributed by atoms with van der Waals surface area (Å²) in [5.74, 6) is -0.946. The Bertz CT molecular complexity index is 301. The first-order valence-corrected chi connectivity index (χ1v) is 3.43. The van der Waals surface area contributed by atoms with Crippen LogP contribution in [0.25, 0.3) is 0 Å². The summed E-state index contributed by atoms with van der Waals surface area (Å²) >= 11 is 0. The molecule has 0 saturated carbocycles. The predicted octanol–water partition coefficient (Wildman–Crippen LogP) is -0.374. The van der Waals surface area contributed by atoms with Crippen molar-refractivity contribution >= 4 is 17.8 Å². The van der Waals surface area contributed by atoms with Crippen molar-refractivity contribution in [3.05, 3.63) is 0 Å². The van der Waals surface area contributed by atoms with Crippen LogP contribution in [0.1, 0.15) is 0 Å². The molecular weight excluding hydrogens is 198 g/mol. The fraction of sp³-hybridized carbons (Fsp3) is 0.400. The van der Waals surface area contributed by atoms with Crippen LogP contribution < -0.4 is 16.5 Å². The monoisotopic (exact) mass is 206 g/mol. The molecule has 0 bridgehead atoms. The Morgan fingerprint density at radius 2 is 1.71 bits per heavy atom. The topological polar surface area (TPSA) is 103 Å². The zero-order valence-corrected chi connectivity index (χ0v) is 7.19. The van der Waals surface area contributed by atoms with Crippen LogP contribution in [0.2, 0.25) is 0 Å². The lowest BCUT2D eigenvalue weighted by molar-refractivity contribution is 0.0100. The van der Waals surface area contributed by atoms with Gasteiger partial charge in [0, 0.05) is 0 Å². The highest BCUT2D eigenvalue weighted by molar-refractivity contribution is 5.37. The molecule has 0 radical (unpaired) electrons. The fourth-order valence-electron chi connectivity index (χ4n) is 0.744. The molecule has 7 nitrogen and oxygen atoms in total. The van der Waals surface area contributed by atoms with Crippen LogP contribution in [0.5, 0.6) is 0 Å². The lowest BCUT2D eigenvalue weighted by Crippen LogP contribution is -2.30. The minimum Gasteiger partial charge on any atom is -0.368 e. The summed E-state index contributed by atoms with van der Waals surface area (Å²) in [6.07, 6.45) is 0. The SMILES string of the molecule is CON(c1nc(N)nc(N)n1)C(F)F. The molecule has 1 aromatic heterocycles. The summed E-state index contributed by atoms with van der Waals surface area (Å²) < 4.78 is 24.5. The van der Waals surface area contributed by atoms with Crippen LogP contribution in [0.15, 0.2) is 0 Å². The van der Waals surface area contributed by atoms with Gasteiger partial charge in [-0.1, -0.05) is 0 Å². The molecular formula is C5H8F2N6O. The molecule has 1 heterocycles. The highest BCUT2D eigenvalue weighted by Crippen LogP contribution is 2.14. The van der Waals surface area contributed by atoms with Crippen LogP contribution in [-0.2, 0) is 4.84 Å². The number of nitrogen functional groups attached to an aromatic ring is 2. The Morgan fingerprint density at radius 1 is 1.21 bits per heavy atom. The van der Waals surface area contributed by atoms with E-state index in [-0.39, 0.29) is 17.0 Å². The molecule has 0 unspecified atom stereocenters. The molecule has 0 aromatic carbocycles. The average molecular weight is 206 g/mol. The first kappa shape index (κ1) is 10.3. The van der Waals surface area contributed by atoms with Crippen molar-refractivity contribution in [2.75, 3.05) is 23.6 Å². The van der Waals surface area contributed by atoms with Gasteiger partial charge in [-0.3, -0.25) is 4.84 Å². The number of nitrogens with two attached hydrogens (primary N) is 2. The van der Waals surface area contributed by atoms with Crippen LogP contribution in [-0.4, -0.2) is 28.6 Å². The van der Waals surface area contributed by atoms with Gasteiger partial charge < -0.3 is 11.5 Å². The van der Waals surface area contributed by atoms with Gasteiger partial charge in [0.25, 0.3) is 5.95 Å². The smallest absolute Gasteiger partial charge is 0.339 e. The van der Waals surface area contributed by atoms with Gasteiger partial charge in [-0.05, 0) is 0 Å². The Morgan fingerprint density at radius 3 is 2.07 bits per heavy atom. The molecule has 78 valence electrons. The molecule has 1 aromatic rings. The Kier molecular flexibility index (Phi) is 2.92. The number of hydrogen-bond acceptors (Lipinski definition) is 7. The molecule has 0 aliphatic carbocycles. The number of alkyl halides is 2. The Balaban J connectivity index is 3.04. The van der Waals surface area contributed by atoms with E-state index in [0.29, 0.717) is 0 Å². The van der Waals surface area contributed by atoms with Crippen LogP contribution in [0.3, 0.4) is 0 Å². The van der Waals surface area contributed by atoms with E-state index >= 15 is 0 Å². The second kappa shape index (κ2) is 3.96. The molecule has 0 amide bonds. The maximum absolute atomic E-state index is 12.3. The van der Waals surface area contributed by atoms with Crippen molar-refractivity contribution in [1.29, 1.82) is 0 Å². The molecule has 0 saturated heterocycles. The van der Waals surface area contributed by atoms with E-state index in [9.17, 15) is 8.78 Å². The Hall–Kier alpha value is -1.77. The third-order valence-electron chi connectivity index (χ3n) is 1.23. The summed E-state index contributed by atoms with van der Waals surface area (Å²) in [4.78, 5) is 14.6. The summed E-state index contributed by atoms with van der Waals surface area (Å²) in [6.45, 7) is -2.92. The minimum absolute atomic E-state index is 0.161. The third-order valence-corrected chi connectivity index (χ3v) is 1.23. The standard InChI is InChI=1S/C5H8F2N6O/c1-14-13(2(6)7)5-11-3(8)10-4(9)12-5/h2H,1H3,(H4,8,9,10,11,12). The third kappa shape index (κ3) is 2.13. The molecule has 0 aliphatic heterocycles. The molecule has 0 fully saturated rings. The van der Waals surface area contributed by atoms with Crippen molar-refractivity contribution in [1.82, 2.24) is 15.0 Å². The van der Waals surface area contributed by atoms with Crippen molar-refractivity contribution < 1.29 is 13.6 Å². The predicted molar refractivity (Wildman–Crippen MR) is 44.1 cm³/mol. The molecule has 0 spiro atoms. The van der Waals surface area contributed by atoms with E-state index in [2.05, 4.69) is 19.8 Å². The number of nitrogens with zero attached hydrogens (tertiary/aromatic N) is 4. The zero-order valence-electron chi connectivity index (χ0n) is 7.19. The number of aromatic nitrogens is 3. The van der Waals surface area contributed by atoms with Crippen LogP contribution in [0.4, 0.5) is 26.6 Å². The van der Waals surface area contributed by atoms with Gasteiger partial charge in [0.15, 0.2) is 0 Å². The molecule has 4 N–H and O–H groups in total. The van der Waals surface area contributed by atoms with E-state index in [4.69, 9.17) is 11.5 Å². The second-order valence-corrected chi connectivity index (χ2v) is 2.14. The quantitative estimate of drug-likeness (QED) is 0.513. The van der Waals surface area contributed by atoms with E-state index in [1.807, 2.05) is 0 Å². The number of hydroxylamine groups is 1. The van der Waals surface area contributed by atoms with Crippen molar-refractivity contribution in [3.8, 4) is 0 Å². The Labute approximate surface area is 77.7 Å². The van der Waals surface area contributed by atoms with Gasteiger partial charge in [0.05, 0.1) is 7.11 Å². The van der Waals surface area contributed by atoms with E-state index in [1.165, 1.54) is 0 Å². The average Bonchev–Trinajstić information content (AvgIpc) is 2.02. The lowest BCUT2D eigenvalue weighted by atomic mass is 10.8. The molecule has 0 aliphatic rings. The fourth-order valence-corrected chi connectivity index (χ4v) is 0.744. The van der Waals surface area contributed by atoms with Crippen molar-refractivity contribution in [2.24, 2.45) is 0 Å². The summed E-state index contributed by atoms with van der Waals surface area (Å²) in [5, 5.41) is 0.161. The van der Waals surface area contributed by atoms with Gasteiger partial charge in [-0.25, -0.2) is 0 Å². The number of anilines is 3. The van der Waals surface area contributed by atoms with Crippen LogP contribution >= 0.6 is 0 Å². The van der Waals surface area contributed by atoms with E-state index in [0.717, 1.165) is 7.11 Å². The van der Waals surface area contributed by atoms with Gasteiger partial charge in [-0.2, -0.15) is 28.8 Å². The zero-order chi connectivity index (χ0) is 10.7. The largest absolute Gasteiger partial charge is 0.368 e. The number of hydrogen-bond donors (Lipinski definition) is 2. The van der Waals surface area contributed by atoms with Crippen LogP contribution in [0, 0.1) is 0 Å². The first-order valence-electron chi connectivity index (χ1n) is 3.43. The molecule has 1 rings (SSSR count). The molecule has 14 heavy (non-hydrogen) atoms. The lowest BCUT2D eigenvalue weighted by Gasteiger charge is -2.17. The minimum atomic E-state index is -2.92. The molecule has 0 atom stereocenters. The maximum atomic E-state index is 12.3. The summed E-state index contributed by atoms with van der Waals surface area (Å²) in [5.41, 5.74) is 10.4. The number of rotatable bonds is 3. The van der Waals surface area contributed by atoms with Gasteiger partial charge >= 0.3 is 6.55 Å². The van der Waals surface area contributed by atoms with Gasteiger partial charge in [-0.15, -0.1) is 0 Å². The maximum Gasteiger partial charge on any atom is 0.339 e. The van der Waals surface area contributed by atoms with Crippen molar-refractivity contribution in [3.63, 3.8) is 0 Å². The van der Waals surface area contributed by atoms with Crippen molar-refractivity contribution in [2.45, 2.75) is 6.55 Å². The first-order chi connectivity index (χ1) is 6.54.